The average Bonchev–Trinajstić information content (AvgIpc) is 2.60. The summed E-state index contributed by atoms with van der Waals surface area (Å²) in [5.74, 6) is -0.0367. The molecule has 66 valence electrons. The first-order valence-corrected chi connectivity index (χ1v) is 3.93. The first-order chi connectivity index (χ1) is 6.84. The molecule has 0 spiro atoms. The van der Waals surface area contributed by atoms with E-state index in [1.807, 2.05) is 0 Å². The van der Waals surface area contributed by atoms with Crippen LogP contribution in [0.2, 0.25) is 0 Å². The van der Waals surface area contributed by atoms with Gasteiger partial charge < -0.3 is 0 Å². The summed E-state index contributed by atoms with van der Waals surface area (Å²) < 4.78 is 0. The van der Waals surface area contributed by atoms with Gasteiger partial charge in [0.1, 0.15) is 11.4 Å². The quantitative estimate of drug-likeness (QED) is 0.573. The van der Waals surface area contributed by atoms with E-state index in [9.17, 15) is 4.79 Å². The summed E-state index contributed by atoms with van der Waals surface area (Å²) in [5, 5.41) is 11.1. The summed E-state index contributed by atoms with van der Waals surface area (Å²) >= 11 is 0. The summed E-state index contributed by atoms with van der Waals surface area (Å²) in [7, 11) is 0. The highest BCUT2D eigenvalue weighted by atomic mass is 16.1. The molecule has 3 aliphatic heterocycles. The van der Waals surface area contributed by atoms with Crippen molar-refractivity contribution in [1.82, 2.24) is 25.4 Å². The predicted octanol–water partition coefficient (Wildman–Crippen LogP) is -0.0241. The molecule has 0 aromatic carbocycles. The topological polar surface area (TPSA) is 81.5 Å². The number of hydrogen-bond donors (Lipinski definition) is 0. The maximum absolute atomic E-state index is 11.2. The summed E-state index contributed by atoms with van der Waals surface area (Å²) in [5.41, 5.74) is 1.68. The number of hydrogen-bond acceptors (Lipinski definition) is 6. The van der Waals surface area contributed by atoms with Gasteiger partial charge in [-0.05, 0) is 17.4 Å². The monoisotopic (exact) mass is 185 g/mol. The fourth-order valence-electron chi connectivity index (χ4n) is 1.27. The van der Waals surface area contributed by atoms with Gasteiger partial charge in [-0.2, -0.15) is 0 Å². The van der Waals surface area contributed by atoms with E-state index in [0.29, 0.717) is 17.1 Å². The fourth-order valence-corrected chi connectivity index (χ4v) is 1.27. The Kier molecular flexibility index (Phi) is 1.22. The van der Waals surface area contributed by atoms with Crippen molar-refractivity contribution in [1.29, 1.82) is 0 Å². The molecule has 0 N–H and O–H groups in total. The standard InChI is InChI=1S/C8H3N5O/c14-6-2-1-4-7-5(11-13-12-7)3-9-8(6)10-4/h1-3H. The molecule has 6 nitrogen and oxygen atoms in total. The minimum absolute atomic E-state index is 0.169. The van der Waals surface area contributed by atoms with Crippen LogP contribution in [0.15, 0.2) is 12.3 Å². The normalized spacial score (nSPS) is 13.6. The largest absolute Gasteiger partial charge is 0.286 e. The molecule has 3 aliphatic rings. The van der Waals surface area contributed by atoms with Crippen LogP contribution in [-0.2, 0) is 0 Å². The molecule has 6 heteroatoms. The number of ketones is 1. The number of fused-ring (bicyclic) bond motifs is 4. The minimum Gasteiger partial charge on any atom is -0.286 e. The lowest BCUT2D eigenvalue weighted by Crippen LogP contribution is -2.04. The molecule has 0 aliphatic carbocycles. The lowest BCUT2D eigenvalue weighted by Gasteiger charge is -1.97. The van der Waals surface area contributed by atoms with Gasteiger partial charge in [-0.25, -0.2) is 9.97 Å². The Morgan fingerprint density at radius 2 is 2.07 bits per heavy atom. The Bertz CT molecular complexity index is 535. The van der Waals surface area contributed by atoms with E-state index in [1.165, 1.54) is 12.3 Å². The molecule has 0 radical (unpaired) electrons. The van der Waals surface area contributed by atoms with Gasteiger partial charge in [0, 0.05) is 0 Å². The van der Waals surface area contributed by atoms with Crippen LogP contribution in [0, 0.1) is 0 Å². The Morgan fingerprint density at radius 3 is 3.00 bits per heavy atom. The number of rotatable bonds is 0. The lowest BCUT2D eigenvalue weighted by atomic mass is 10.2. The number of nitrogens with zero attached hydrogens (tertiary/aromatic N) is 5. The zero-order chi connectivity index (χ0) is 9.54. The van der Waals surface area contributed by atoms with Gasteiger partial charge in [0.05, 0.1) is 11.9 Å². The summed E-state index contributed by atoms with van der Waals surface area (Å²) in [6.07, 6.45) is 4.46. The molecule has 0 fully saturated rings. The molecule has 0 aromatic rings. The number of carbonyl (C=O) groups is 1. The highest BCUT2D eigenvalue weighted by molar-refractivity contribution is 6.06. The number of carbonyl (C=O) groups excluding carboxylic acids is 1. The Morgan fingerprint density at radius 1 is 1.14 bits per heavy atom. The third-order valence-electron chi connectivity index (χ3n) is 1.93. The van der Waals surface area contributed by atoms with E-state index in [2.05, 4.69) is 25.4 Å². The van der Waals surface area contributed by atoms with E-state index in [0.717, 1.165) is 0 Å². The third-order valence-corrected chi connectivity index (χ3v) is 1.93. The van der Waals surface area contributed by atoms with Gasteiger partial charge in [0.25, 0.3) is 0 Å². The second-order valence-electron chi connectivity index (χ2n) is 2.80. The Labute approximate surface area is 78.1 Å². The van der Waals surface area contributed by atoms with Crippen LogP contribution in [0.5, 0.6) is 0 Å². The van der Waals surface area contributed by atoms with E-state index < -0.39 is 0 Å². The molecule has 3 heterocycles. The summed E-state index contributed by atoms with van der Waals surface area (Å²) in [6, 6.07) is 0. The smallest absolute Gasteiger partial charge is 0.223 e. The molecular formula is C8H3N5O. The molecule has 0 saturated carbocycles. The zero-order valence-corrected chi connectivity index (χ0v) is 6.88. The van der Waals surface area contributed by atoms with Gasteiger partial charge in [-0.3, -0.25) is 4.79 Å². The maximum atomic E-state index is 11.2. The molecule has 0 unspecified atom stereocenters. The van der Waals surface area contributed by atoms with Gasteiger partial charge >= 0.3 is 0 Å². The maximum Gasteiger partial charge on any atom is 0.223 e. The second-order valence-corrected chi connectivity index (χ2v) is 2.80. The lowest BCUT2D eigenvalue weighted by molar-refractivity contribution is 0.103. The molecule has 2 bridgehead atoms. The van der Waals surface area contributed by atoms with Crippen molar-refractivity contribution in [2.45, 2.75) is 0 Å². The van der Waals surface area contributed by atoms with Gasteiger partial charge in [0.2, 0.25) is 11.6 Å². The van der Waals surface area contributed by atoms with Gasteiger partial charge in [-0.1, -0.05) is 0 Å². The predicted molar refractivity (Wildman–Crippen MR) is 45.4 cm³/mol. The molecule has 14 heavy (non-hydrogen) atoms. The van der Waals surface area contributed by atoms with Crippen LogP contribution in [-0.4, -0.2) is 31.2 Å². The van der Waals surface area contributed by atoms with E-state index >= 15 is 0 Å². The first kappa shape index (κ1) is 7.19. The minimum atomic E-state index is -0.205. The van der Waals surface area contributed by atoms with Crippen LogP contribution in [0.1, 0.15) is 16.3 Å². The van der Waals surface area contributed by atoms with Crippen molar-refractivity contribution in [2.75, 3.05) is 0 Å². The molecule has 0 saturated heterocycles. The highest BCUT2D eigenvalue weighted by Crippen LogP contribution is 2.20. The molecule has 0 atom stereocenters. The van der Waals surface area contributed by atoms with Gasteiger partial charge in [-0.15, -0.1) is 10.2 Å². The van der Waals surface area contributed by atoms with Crippen molar-refractivity contribution < 1.29 is 4.79 Å². The molecular weight excluding hydrogens is 182 g/mol. The third kappa shape index (κ3) is 0.846. The van der Waals surface area contributed by atoms with E-state index in [4.69, 9.17) is 0 Å². The number of allylic oxidation sites excluding steroid dienone is 1. The van der Waals surface area contributed by atoms with Crippen LogP contribution in [0.25, 0.3) is 17.5 Å². The summed E-state index contributed by atoms with van der Waals surface area (Å²) in [4.78, 5) is 19.2. The average molecular weight is 185 g/mol. The van der Waals surface area contributed by atoms with Crippen molar-refractivity contribution in [2.24, 2.45) is 0 Å². The SMILES string of the molecule is O=C1C=Cc2nc1ncc1nnnc2-1. The van der Waals surface area contributed by atoms with Crippen LogP contribution in [0.4, 0.5) is 0 Å². The van der Waals surface area contributed by atoms with Crippen LogP contribution in [0.3, 0.4) is 0 Å². The highest BCUT2D eigenvalue weighted by Gasteiger charge is 2.18. The Balaban J connectivity index is 2.43. The van der Waals surface area contributed by atoms with Crippen LogP contribution < -0.4 is 0 Å². The first-order valence-electron chi connectivity index (χ1n) is 3.93. The van der Waals surface area contributed by atoms with Crippen LogP contribution >= 0.6 is 0 Å². The number of aromatic nitrogens is 5. The molecule has 0 aromatic heterocycles. The molecule has 3 rings (SSSR count). The van der Waals surface area contributed by atoms with Gasteiger partial charge in [0.15, 0.2) is 0 Å². The molecule has 0 amide bonds. The van der Waals surface area contributed by atoms with Crippen molar-refractivity contribution in [3.63, 3.8) is 0 Å². The fraction of sp³-hybridized carbons (Fsp3) is 0. The van der Waals surface area contributed by atoms with Crippen molar-refractivity contribution in [3.8, 4) is 11.4 Å². The van der Waals surface area contributed by atoms with Crippen molar-refractivity contribution >= 4 is 11.9 Å². The second kappa shape index (κ2) is 2.38. The van der Waals surface area contributed by atoms with E-state index in [1.54, 1.807) is 6.08 Å². The van der Waals surface area contributed by atoms with Crippen molar-refractivity contribution in [3.05, 3.63) is 23.8 Å². The summed E-state index contributed by atoms with van der Waals surface area (Å²) in [6.45, 7) is 0. The Hall–Kier alpha value is -2.24. The zero-order valence-electron chi connectivity index (χ0n) is 6.88. The van der Waals surface area contributed by atoms with E-state index in [-0.39, 0.29) is 11.6 Å².